The smallest absolute Gasteiger partial charge is 0.387 e. The van der Waals surface area contributed by atoms with Crippen LogP contribution in [0.25, 0.3) is 32.3 Å². The second kappa shape index (κ2) is 9.95. The van der Waals surface area contributed by atoms with Crippen LogP contribution in [0.1, 0.15) is 18.4 Å². The minimum absolute atomic E-state index is 0.119. The van der Waals surface area contributed by atoms with Crippen LogP contribution in [0.15, 0.2) is 54.6 Å². The van der Waals surface area contributed by atoms with E-state index in [0.717, 1.165) is 6.42 Å². The second-order valence-corrected chi connectivity index (χ2v) is 10.8. The number of unbranched alkanes of at least 4 members (excludes halogenated alkanes) is 1. The number of rotatable bonds is 8. The largest absolute Gasteiger partial charge is 0.472 e. The molecule has 192 valence electrons. The first-order valence-corrected chi connectivity index (χ1v) is 13.4. The van der Waals surface area contributed by atoms with E-state index in [-0.39, 0.29) is 6.61 Å². The van der Waals surface area contributed by atoms with E-state index >= 15 is 0 Å². The molecule has 0 saturated heterocycles. The Bertz CT molecular complexity index is 1380. The van der Waals surface area contributed by atoms with Gasteiger partial charge < -0.3 is 30.4 Å². The molecule has 36 heavy (non-hydrogen) atoms. The highest BCUT2D eigenvalue weighted by Gasteiger charge is 2.51. The number of benzene rings is 4. The molecule has 1 aliphatic carbocycles. The van der Waals surface area contributed by atoms with Gasteiger partial charge >= 0.3 is 7.82 Å². The van der Waals surface area contributed by atoms with Crippen LogP contribution in [-0.2, 0) is 20.0 Å². The highest BCUT2D eigenvalue weighted by atomic mass is 31.2. The monoisotopic (exact) mass is 516 g/mol. The van der Waals surface area contributed by atoms with Crippen molar-refractivity contribution in [3.63, 3.8) is 0 Å². The molecule has 5 rings (SSSR count). The third-order valence-electron chi connectivity index (χ3n) is 7.04. The molecule has 4 aromatic carbocycles. The Hall–Kier alpha value is -2.17. The van der Waals surface area contributed by atoms with E-state index in [0.29, 0.717) is 12.8 Å². The summed E-state index contributed by atoms with van der Waals surface area (Å²) in [6.07, 6.45) is -9.31. The zero-order chi connectivity index (χ0) is 25.6. The molecule has 0 heterocycles. The summed E-state index contributed by atoms with van der Waals surface area (Å²) in [5, 5.41) is 56.3. The number of aliphatic hydroxyl groups is 5. The van der Waals surface area contributed by atoms with Crippen LogP contribution in [0.5, 0.6) is 0 Å². The highest BCUT2D eigenvalue weighted by molar-refractivity contribution is 7.47. The number of phosphoric ester groups is 1. The van der Waals surface area contributed by atoms with Crippen LogP contribution < -0.4 is 0 Å². The van der Waals surface area contributed by atoms with Gasteiger partial charge in [0.2, 0.25) is 0 Å². The quantitative estimate of drug-likeness (QED) is 0.117. The summed E-state index contributed by atoms with van der Waals surface area (Å²) in [6, 6.07) is 19.0. The van der Waals surface area contributed by atoms with Gasteiger partial charge in [0.25, 0.3) is 0 Å². The molecule has 9 nitrogen and oxygen atoms in total. The van der Waals surface area contributed by atoms with E-state index in [2.05, 4.69) is 54.6 Å². The number of hydrogen-bond acceptors (Lipinski definition) is 8. The molecule has 4 aromatic rings. The minimum atomic E-state index is -4.72. The number of aliphatic hydroxyl groups excluding tert-OH is 5. The summed E-state index contributed by atoms with van der Waals surface area (Å²) >= 11 is 0. The van der Waals surface area contributed by atoms with E-state index in [4.69, 9.17) is 9.05 Å². The molecule has 7 atom stereocenters. The molecule has 0 bridgehead atoms. The topological polar surface area (TPSA) is 157 Å². The fourth-order valence-electron chi connectivity index (χ4n) is 5.12. The van der Waals surface area contributed by atoms with Crippen molar-refractivity contribution < 1.29 is 44.0 Å². The SMILES string of the molecule is O=P(O)(OCCCCc1ccc2ccc3cccc4ccc1c2c34)OC1[C@@H](O)[C@H](O)C(O)[C@H](O)[C@H]1O. The van der Waals surface area contributed by atoms with Gasteiger partial charge in [0.15, 0.2) is 0 Å². The Morgan fingerprint density at radius 2 is 1.25 bits per heavy atom. The van der Waals surface area contributed by atoms with Crippen molar-refractivity contribution in [1.82, 2.24) is 0 Å². The molecule has 3 unspecified atom stereocenters. The van der Waals surface area contributed by atoms with Gasteiger partial charge in [0.1, 0.15) is 36.6 Å². The standard InChI is InChI=1S/C26H29O9P/c27-21-22(28)24(30)26(25(31)23(21)29)35-36(32,33)34-13-2-1-4-14-7-8-17-10-9-15-5-3-6-16-11-12-18(14)20(17)19(15)16/h3,5-12,21-31H,1-2,4,13H2,(H,32,33)/t21?,22-,23+,24+,25-,26?. The first-order chi connectivity index (χ1) is 17.2. The maximum Gasteiger partial charge on any atom is 0.472 e. The van der Waals surface area contributed by atoms with Crippen LogP contribution >= 0.6 is 7.82 Å². The normalized spacial score (nSPS) is 28.7. The Balaban J connectivity index is 1.20. The van der Waals surface area contributed by atoms with Crippen molar-refractivity contribution in [3.8, 4) is 0 Å². The van der Waals surface area contributed by atoms with Crippen molar-refractivity contribution in [2.45, 2.75) is 55.9 Å². The van der Waals surface area contributed by atoms with Crippen LogP contribution in [0.4, 0.5) is 0 Å². The van der Waals surface area contributed by atoms with Crippen molar-refractivity contribution in [3.05, 3.63) is 60.2 Å². The van der Waals surface area contributed by atoms with Crippen LogP contribution in [0.3, 0.4) is 0 Å². The molecule has 1 fully saturated rings. The molecule has 10 heteroatoms. The third-order valence-corrected chi connectivity index (χ3v) is 8.06. The number of aryl methyl sites for hydroxylation is 1. The lowest BCUT2D eigenvalue weighted by molar-refractivity contribution is -0.220. The molecule has 0 amide bonds. The fourth-order valence-corrected chi connectivity index (χ4v) is 6.09. The Morgan fingerprint density at radius 1 is 0.694 bits per heavy atom. The first-order valence-electron chi connectivity index (χ1n) is 11.9. The summed E-state index contributed by atoms with van der Waals surface area (Å²) in [6.45, 7) is -0.119. The van der Waals surface area contributed by atoms with E-state index in [1.165, 1.54) is 37.9 Å². The Morgan fingerprint density at radius 3 is 1.92 bits per heavy atom. The van der Waals surface area contributed by atoms with Gasteiger partial charge in [-0.15, -0.1) is 0 Å². The Kier molecular flexibility index (Phi) is 7.04. The van der Waals surface area contributed by atoms with Gasteiger partial charge in [-0.25, -0.2) is 4.57 Å². The van der Waals surface area contributed by atoms with Gasteiger partial charge in [-0.05, 0) is 57.1 Å². The maximum atomic E-state index is 12.3. The predicted octanol–water partition coefficient (Wildman–Crippen LogP) is 2.23. The molecule has 0 spiro atoms. The molecule has 0 aliphatic heterocycles. The maximum absolute atomic E-state index is 12.3. The first kappa shape index (κ1) is 25.5. The molecule has 6 N–H and O–H groups in total. The highest BCUT2D eigenvalue weighted by Crippen LogP contribution is 2.47. The molecule has 0 aromatic heterocycles. The van der Waals surface area contributed by atoms with Gasteiger partial charge in [-0.1, -0.05) is 54.6 Å². The van der Waals surface area contributed by atoms with E-state index in [1.807, 2.05) is 0 Å². The van der Waals surface area contributed by atoms with Crippen molar-refractivity contribution >= 4 is 40.1 Å². The average molecular weight is 516 g/mol. The van der Waals surface area contributed by atoms with Gasteiger partial charge in [0.05, 0.1) is 6.61 Å². The zero-order valence-electron chi connectivity index (χ0n) is 19.3. The lowest BCUT2D eigenvalue weighted by atomic mass is 9.85. The second-order valence-electron chi connectivity index (χ2n) is 9.36. The Labute approximate surface area is 207 Å². The molecular weight excluding hydrogens is 487 g/mol. The summed E-state index contributed by atoms with van der Waals surface area (Å²) < 4.78 is 22.2. The number of phosphoric acid groups is 1. The summed E-state index contributed by atoms with van der Waals surface area (Å²) in [7, 11) is -4.72. The van der Waals surface area contributed by atoms with Crippen molar-refractivity contribution in [1.29, 1.82) is 0 Å². The molecule has 0 radical (unpaired) electrons. The van der Waals surface area contributed by atoms with Gasteiger partial charge in [0, 0.05) is 0 Å². The zero-order valence-corrected chi connectivity index (χ0v) is 20.2. The molecule has 1 saturated carbocycles. The lowest BCUT2D eigenvalue weighted by Gasteiger charge is -2.41. The van der Waals surface area contributed by atoms with Crippen molar-refractivity contribution in [2.75, 3.05) is 6.61 Å². The lowest BCUT2D eigenvalue weighted by Crippen LogP contribution is -2.64. The molecular formula is C26H29O9P. The van der Waals surface area contributed by atoms with E-state index in [9.17, 15) is 35.0 Å². The third kappa shape index (κ3) is 4.63. The minimum Gasteiger partial charge on any atom is -0.387 e. The van der Waals surface area contributed by atoms with Crippen LogP contribution in [0, 0.1) is 0 Å². The number of hydrogen-bond donors (Lipinski definition) is 6. The van der Waals surface area contributed by atoms with Gasteiger partial charge in [-0.3, -0.25) is 9.05 Å². The summed E-state index contributed by atoms with van der Waals surface area (Å²) in [5.41, 5.74) is 1.17. The predicted molar refractivity (Wildman–Crippen MR) is 134 cm³/mol. The summed E-state index contributed by atoms with van der Waals surface area (Å²) in [5.74, 6) is 0. The van der Waals surface area contributed by atoms with E-state index in [1.54, 1.807) is 0 Å². The molecule has 1 aliphatic rings. The van der Waals surface area contributed by atoms with Crippen molar-refractivity contribution in [2.24, 2.45) is 0 Å². The average Bonchev–Trinajstić information content (AvgIpc) is 2.88. The van der Waals surface area contributed by atoms with Crippen LogP contribution in [0.2, 0.25) is 0 Å². The van der Waals surface area contributed by atoms with E-state index < -0.39 is 44.4 Å². The van der Waals surface area contributed by atoms with Crippen LogP contribution in [-0.4, -0.2) is 73.7 Å². The fraction of sp³-hybridized carbons (Fsp3) is 0.385. The van der Waals surface area contributed by atoms with Gasteiger partial charge in [-0.2, -0.15) is 0 Å². The summed E-state index contributed by atoms with van der Waals surface area (Å²) in [4.78, 5) is 10.0.